The molecule has 1 N–H and O–H groups in total. The van der Waals surface area contributed by atoms with Crippen LogP contribution in [0.5, 0.6) is 0 Å². The van der Waals surface area contributed by atoms with Gasteiger partial charge in [0.1, 0.15) is 12.2 Å². The molecule has 3 rings (SSSR count). The molecular formula is C33H50O5Si. The van der Waals surface area contributed by atoms with E-state index in [2.05, 4.69) is 72.4 Å². The SMILES string of the molecule is C=CC[C@@H](O)[C@@H]1O[C@H](COCc2ccccc2)[C@H](OCc2ccccc2)C[C@H]1O[Si](C(C)C)(C(C)C)C(C)C. The minimum atomic E-state index is -2.24. The molecule has 1 saturated heterocycles. The molecule has 2 aromatic rings. The Labute approximate surface area is 237 Å². The van der Waals surface area contributed by atoms with Gasteiger partial charge in [-0.05, 0) is 34.2 Å². The maximum atomic E-state index is 11.2. The fourth-order valence-electron chi connectivity index (χ4n) is 6.29. The first kappa shape index (κ1) is 31.7. The maximum absolute atomic E-state index is 11.2. The normalized spacial score (nSPS) is 22.9. The van der Waals surface area contributed by atoms with Crippen molar-refractivity contribution in [1.82, 2.24) is 0 Å². The van der Waals surface area contributed by atoms with E-state index in [1.807, 2.05) is 36.4 Å². The Kier molecular flexibility index (Phi) is 12.4. The van der Waals surface area contributed by atoms with Crippen LogP contribution in [0.4, 0.5) is 0 Å². The van der Waals surface area contributed by atoms with Crippen molar-refractivity contribution < 1.29 is 23.7 Å². The van der Waals surface area contributed by atoms with Crippen LogP contribution in [-0.2, 0) is 31.9 Å². The molecule has 6 heteroatoms. The fourth-order valence-corrected chi connectivity index (χ4v) is 11.9. The summed E-state index contributed by atoms with van der Waals surface area (Å²) < 4.78 is 26.6. The van der Waals surface area contributed by atoms with E-state index in [1.165, 1.54) is 0 Å². The zero-order valence-electron chi connectivity index (χ0n) is 24.8. The molecule has 2 aromatic carbocycles. The van der Waals surface area contributed by atoms with Crippen molar-refractivity contribution in [3.63, 3.8) is 0 Å². The Morgan fingerprint density at radius 3 is 1.92 bits per heavy atom. The van der Waals surface area contributed by atoms with Gasteiger partial charge in [0, 0.05) is 6.42 Å². The second-order valence-corrected chi connectivity index (χ2v) is 17.2. The molecule has 39 heavy (non-hydrogen) atoms. The highest BCUT2D eigenvalue weighted by Crippen LogP contribution is 2.45. The standard InChI is InChI=1S/C33H50O5Si/c1-8-15-29(34)33-31(38-39(24(2)3,25(4)5)26(6)7)20-30(36-22-28-18-13-10-14-19-28)32(37-33)23-35-21-27-16-11-9-12-17-27/h8-14,16-19,24-26,29-34H,1,15,20-23H2,2-7H3/t29-,30-,31-,32-,33+/m1/s1. The van der Waals surface area contributed by atoms with Crippen molar-refractivity contribution in [3.8, 4) is 0 Å². The molecule has 5 atom stereocenters. The zero-order chi connectivity index (χ0) is 28.4. The van der Waals surface area contributed by atoms with Crippen molar-refractivity contribution >= 4 is 8.32 Å². The van der Waals surface area contributed by atoms with E-state index in [-0.39, 0.29) is 18.3 Å². The quantitative estimate of drug-likeness (QED) is 0.183. The minimum absolute atomic E-state index is 0.226. The lowest BCUT2D eigenvalue weighted by molar-refractivity contribution is -0.221. The summed E-state index contributed by atoms with van der Waals surface area (Å²) in [7, 11) is -2.24. The van der Waals surface area contributed by atoms with Gasteiger partial charge >= 0.3 is 0 Å². The molecule has 1 aliphatic heterocycles. The summed E-state index contributed by atoms with van der Waals surface area (Å²) in [6.45, 7) is 18.9. The highest BCUT2D eigenvalue weighted by atomic mass is 28.4. The van der Waals surface area contributed by atoms with E-state index in [4.69, 9.17) is 18.6 Å². The van der Waals surface area contributed by atoms with Crippen LogP contribution in [0.2, 0.25) is 16.6 Å². The van der Waals surface area contributed by atoms with Crippen LogP contribution in [0.25, 0.3) is 0 Å². The van der Waals surface area contributed by atoms with Crippen LogP contribution < -0.4 is 0 Å². The molecular weight excluding hydrogens is 504 g/mol. The van der Waals surface area contributed by atoms with Gasteiger partial charge in [0.15, 0.2) is 0 Å². The largest absolute Gasteiger partial charge is 0.410 e. The van der Waals surface area contributed by atoms with Gasteiger partial charge in [-0.15, -0.1) is 6.58 Å². The number of benzene rings is 2. The first-order chi connectivity index (χ1) is 18.7. The molecule has 1 aliphatic rings. The lowest BCUT2D eigenvalue weighted by atomic mass is 9.93. The molecule has 0 radical (unpaired) electrons. The number of hydrogen-bond acceptors (Lipinski definition) is 5. The third kappa shape index (κ3) is 8.35. The van der Waals surface area contributed by atoms with Gasteiger partial charge in [0.05, 0.1) is 38.1 Å². The van der Waals surface area contributed by atoms with E-state index in [0.717, 1.165) is 11.1 Å². The van der Waals surface area contributed by atoms with Crippen LogP contribution in [0, 0.1) is 0 Å². The van der Waals surface area contributed by atoms with Gasteiger partial charge in [-0.25, -0.2) is 0 Å². The van der Waals surface area contributed by atoms with Gasteiger partial charge in [0.25, 0.3) is 0 Å². The topological polar surface area (TPSA) is 57.2 Å². The van der Waals surface area contributed by atoms with Gasteiger partial charge < -0.3 is 23.7 Å². The van der Waals surface area contributed by atoms with Crippen LogP contribution in [0.1, 0.15) is 65.5 Å². The second-order valence-electron chi connectivity index (χ2n) is 11.8. The molecule has 0 aromatic heterocycles. The van der Waals surface area contributed by atoms with E-state index in [0.29, 0.717) is 49.3 Å². The smallest absolute Gasteiger partial charge is 0.200 e. The van der Waals surface area contributed by atoms with Crippen LogP contribution >= 0.6 is 0 Å². The molecule has 1 heterocycles. The number of aliphatic hydroxyl groups excluding tert-OH is 1. The van der Waals surface area contributed by atoms with Gasteiger partial charge in [-0.1, -0.05) is 108 Å². The Morgan fingerprint density at radius 1 is 0.872 bits per heavy atom. The van der Waals surface area contributed by atoms with Gasteiger partial charge in [-0.3, -0.25) is 0 Å². The maximum Gasteiger partial charge on any atom is 0.200 e. The molecule has 216 valence electrons. The molecule has 0 unspecified atom stereocenters. The molecule has 0 bridgehead atoms. The third-order valence-electron chi connectivity index (χ3n) is 8.13. The van der Waals surface area contributed by atoms with E-state index in [1.54, 1.807) is 6.08 Å². The number of aliphatic hydroxyl groups is 1. The first-order valence-electron chi connectivity index (χ1n) is 14.6. The zero-order valence-corrected chi connectivity index (χ0v) is 25.8. The van der Waals surface area contributed by atoms with Crippen LogP contribution in [0.3, 0.4) is 0 Å². The van der Waals surface area contributed by atoms with E-state index >= 15 is 0 Å². The Morgan fingerprint density at radius 2 is 1.41 bits per heavy atom. The summed E-state index contributed by atoms with van der Waals surface area (Å²) in [4.78, 5) is 0. The fraction of sp³-hybridized carbons (Fsp3) is 0.576. The van der Waals surface area contributed by atoms with Crippen molar-refractivity contribution in [2.24, 2.45) is 0 Å². The Bertz CT molecular complexity index is 943. The molecule has 0 saturated carbocycles. The predicted octanol–water partition coefficient (Wildman–Crippen LogP) is 7.44. The monoisotopic (exact) mass is 554 g/mol. The average Bonchev–Trinajstić information content (AvgIpc) is 2.91. The summed E-state index contributed by atoms with van der Waals surface area (Å²) in [6, 6.07) is 20.3. The molecule has 5 nitrogen and oxygen atoms in total. The summed E-state index contributed by atoms with van der Waals surface area (Å²) in [5.41, 5.74) is 3.49. The highest BCUT2D eigenvalue weighted by molar-refractivity contribution is 6.77. The number of rotatable bonds is 15. The molecule has 0 aliphatic carbocycles. The third-order valence-corrected chi connectivity index (χ3v) is 14.3. The first-order valence-corrected chi connectivity index (χ1v) is 16.7. The summed E-state index contributed by atoms with van der Waals surface area (Å²) >= 11 is 0. The van der Waals surface area contributed by atoms with Crippen LogP contribution in [-0.4, -0.2) is 50.6 Å². The summed E-state index contributed by atoms with van der Waals surface area (Å²) in [6.07, 6.45) is 0.826. The number of ether oxygens (including phenoxy) is 3. The van der Waals surface area contributed by atoms with Crippen molar-refractivity contribution in [3.05, 3.63) is 84.4 Å². The minimum Gasteiger partial charge on any atom is -0.410 e. The Balaban J connectivity index is 1.86. The molecule has 0 spiro atoms. The molecule has 0 amide bonds. The predicted molar refractivity (Wildman–Crippen MR) is 161 cm³/mol. The van der Waals surface area contributed by atoms with E-state index in [9.17, 15) is 5.11 Å². The van der Waals surface area contributed by atoms with Gasteiger partial charge in [0.2, 0.25) is 8.32 Å². The van der Waals surface area contributed by atoms with Crippen molar-refractivity contribution in [2.75, 3.05) is 6.61 Å². The Hall–Kier alpha value is -1.80. The van der Waals surface area contributed by atoms with Crippen molar-refractivity contribution in [1.29, 1.82) is 0 Å². The number of hydrogen-bond donors (Lipinski definition) is 1. The van der Waals surface area contributed by atoms with Crippen molar-refractivity contribution in [2.45, 2.75) is 115 Å². The highest BCUT2D eigenvalue weighted by Gasteiger charge is 2.51. The van der Waals surface area contributed by atoms with Crippen LogP contribution in [0.15, 0.2) is 73.3 Å². The lowest BCUT2D eigenvalue weighted by Gasteiger charge is -2.50. The summed E-state index contributed by atoms with van der Waals surface area (Å²) in [5, 5.41) is 11.2. The van der Waals surface area contributed by atoms with E-state index < -0.39 is 20.5 Å². The molecule has 1 fully saturated rings. The van der Waals surface area contributed by atoms with Gasteiger partial charge in [-0.2, -0.15) is 0 Å². The lowest BCUT2D eigenvalue weighted by Crippen LogP contribution is -2.60. The summed E-state index contributed by atoms with van der Waals surface area (Å²) in [5.74, 6) is 0. The average molecular weight is 555 g/mol. The second kappa shape index (κ2) is 15.3.